The number of hydrogen-bond acceptors (Lipinski definition) is 8. The minimum Gasteiger partial charge on any atom is -0.481 e. The van der Waals surface area contributed by atoms with Gasteiger partial charge < -0.3 is 36.4 Å². The summed E-state index contributed by atoms with van der Waals surface area (Å²) in [7, 11) is 0. The molecule has 0 fully saturated rings. The van der Waals surface area contributed by atoms with E-state index in [1.165, 1.54) is 0 Å². The van der Waals surface area contributed by atoms with Crippen molar-refractivity contribution in [3.05, 3.63) is 0 Å². The minimum absolute atomic E-state index is 0.0628. The average molecular weight is 760 g/mol. The van der Waals surface area contributed by atoms with E-state index in [1.807, 2.05) is 19.2 Å². The second kappa shape index (κ2) is 34.6. The highest BCUT2D eigenvalue weighted by Gasteiger charge is 2.32. The first-order chi connectivity index (χ1) is 22.3. The summed E-state index contributed by atoms with van der Waals surface area (Å²) < 4.78 is -0.665. The number of alkyl halides is 1. The number of carbonyl (C=O) groups excluding carboxylic acids is 2. The van der Waals surface area contributed by atoms with Crippen LogP contribution >= 0.6 is 15.9 Å². The Balaban J connectivity index is -0.000000271. The number of imide groups is 1. The van der Waals surface area contributed by atoms with Gasteiger partial charge in [-0.1, -0.05) is 68.3 Å². The molecular weight excluding hydrogens is 704 g/mol. The summed E-state index contributed by atoms with van der Waals surface area (Å²) in [5, 5.41) is 51.5. The molecule has 0 atom stereocenters. The second-order valence-corrected chi connectivity index (χ2v) is 12.1. The quantitative estimate of drug-likeness (QED) is 0.0438. The Hall–Kier alpha value is -3.76. The van der Waals surface area contributed by atoms with Gasteiger partial charge in [-0.2, -0.15) is 0 Å². The first kappa shape index (κ1) is 51.1. The van der Waals surface area contributed by atoms with E-state index in [2.05, 4.69) is 15.9 Å². The zero-order valence-electron chi connectivity index (χ0n) is 28.0. The maximum Gasteiger partial charge on any atom is 0.318 e. The Morgan fingerprint density at radius 1 is 0.458 bits per heavy atom. The number of carboxylic acids is 6. The van der Waals surface area contributed by atoms with Gasteiger partial charge in [0.15, 0.2) is 0 Å². The molecule has 17 heteroatoms. The predicted molar refractivity (Wildman–Crippen MR) is 179 cm³/mol. The van der Waals surface area contributed by atoms with Gasteiger partial charge in [-0.15, -0.1) is 0 Å². The van der Waals surface area contributed by atoms with Crippen molar-refractivity contribution in [3.8, 4) is 0 Å². The van der Waals surface area contributed by atoms with Crippen LogP contribution in [-0.2, 0) is 33.6 Å². The van der Waals surface area contributed by atoms with Crippen molar-refractivity contribution in [2.75, 3.05) is 0 Å². The van der Waals surface area contributed by atoms with Crippen molar-refractivity contribution in [1.82, 2.24) is 5.32 Å². The molecule has 0 bridgehead atoms. The van der Waals surface area contributed by atoms with Crippen LogP contribution in [0.25, 0.3) is 0 Å². The number of halogens is 1. The third-order valence-corrected chi connectivity index (χ3v) is 7.84. The van der Waals surface area contributed by atoms with E-state index in [9.17, 15) is 38.4 Å². The van der Waals surface area contributed by atoms with E-state index in [4.69, 9.17) is 36.4 Å². The number of carboxylic acid groups (broad SMARTS) is 6. The molecule has 0 aromatic rings. The molecule has 0 rings (SSSR count). The molecule has 3 amide bonds. The second-order valence-electron chi connectivity index (χ2n) is 10.6. The van der Waals surface area contributed by atoms with Gasteiger partial charge in [0.05, 0.1) is 0 Å². The molecular formula is C31H55BrN2O14. The average Bonchev–Trinajstić information content (AvgIpc) is 2.98. The Kier molecular flexibility index (Phi) is 36.8. The summed E-state index contributed by atoms with van der Waals surface area (Å²) in [5.74, 6) is -5.16. The number of aliphatic carboxylic acids is 6. The largest absolute Gasteiger partial charge is 0.481 e. The Bertz CT molecular complexity index is 902. The molecule has 0 aliphatic carbocycles. The zero-order chi connectivity index (χ0) is 38.0. The lowest BCUT2D eigenvalue weighted by Crippen LogP contribution is -2.46. The lowest BCUT2D eigenvalue weighted by Gasteiger charge is -2.21. The normalized spacial score (nSPS) is 9.98. The van der Waals surface area contributed by atoms with Crippen molar-refractivity contribution in [2.24, 2.45) is 5.73 Å². The molecule has 0 aromatic heterocycles. The SMILES string of the molecule is CCC(Br)(CC)C(=O)NC(N)=O.O=C(O)CCCCC(=O)O.O=C(O)CCCCCCC(=O)O.O=C(O)CCCCCCCCC(=O)O. The number of carbonyl (C=O) groups is 8. The standard InChI is InChI=1S/C10H18O4.C8H14O4.C7H13BrN2O2.C6H10O4/c11-9(12)7-5-3-1-2-4-6-8-10(13)14;9-7(10)5-3-1-2-4-6-8(11)12;1-3-7(8,4-2)5(11)10-6(9)12;7-5(8)3-1-2-4-6(9)10/h1-8H2,(H,11,12)(H,13,14);1-6H2,(H,9,10)(H,11,12);3-4H2,1-2H3,(H3,9,10,11,12);1-4H2,(H,7,8)(H,9,10). The summed E-state index contributed by atoms with van der Waals surface area (Å²) in [6, 6.07) is -0.814. The van der Waals surface area contributed by atoms with Gasteiger partial charge in [0.1, 0.15) is 4.32 Å². The lowest BCUT2D eigenvalue weighted by atomic mass is 10.0. The van der Waals surface area contributed by atoms with Crippen molar-refractivity contribution in [2.45, 2.75) is 147 Å². The van der Waals surface area contributed by atoms with Crippen molar-refractivity contribution < 1.29 is 69.0 Å². The Morgan fingerprint density at radius 3 is 0.812 bits per heavy atom. The van der Waals surface area contributed by atoms with Crippen molar-refractivity contribution in [1.29, 1.82) is 0 Å². The highest BCUT2D eigenvalue weighted by Crippen LogP contribution is 2.26. The van der Waals surface area contributed by atoms with E-state index in [-0.39, 0.29) is 44.4 Å². The van der Waals surface area contributed by atoms with Gasteiger partial charge in [-0.3, -0.25) is 38.9 Å². The molecule has 9 N–H and O–H groups in total. The van der Waals surface area contributed by atoms with Crippen LogP contribution in [0.2, 0.25) is 0 Å². The molecule has 0 spiro atoms. The first-order valence-corrected chi connectivity index (χ1v) is 16.7. The smallest absolute Gasteiger partial charge is 0.318 e. The summed E-state index contributed by atoms with van der Waals surface area (Å²) >= 11 is 3.26. The fourth-order valence-electron chi connectivity index (χ4n) is 3.51. The molecule has 0 aliphatic rings. The maximum atomic E-state index is 11.3. The molecule has 0 aromatic carbocycles. The fourth-order valence-corrected chi connectivity index (χ4v) is 3.61. The van der Waals surface area contributed by atoms with Crippen molar-refractivity contribution >= 4 is 63.7 Å². The summed E-state index contributed by atoms with van der Waals surface area (Å²) in [6.45, 7) is 3.72. The van der Waals surface area contributed by atoms with Gasteiger partial charge in [-0.25, -0.2) is 4.79 Å². The van der Waals surface area contributed by atoms with Crippen LogP contribution < -0.4 is 11.1 Å². The highest BCUT2D eigenvalue weighted by molar-refractivity contribution is 9.10. The van der Waals surface area contributed by atoms with E-state index in [1.54, 1.807) is 0 Å². The summed E-state index contributed by atoms with van der Waals surface area (Å²) in [6.07, 6.45) is 11.4. The first-order valence-electron chi connectivity index (χ1n) is 15.9. The van der Waals surface area contributed by atoms with E-state index < -0.39 is 46.2 Å². The number of primary amides is 1. The molecule has 280 valence electrons. The molecule has 0 heterocycles. The van der Waals surface area contributed by atoms with Gasteiger partial charge in [0.25, 0.3) is 0 Å². The molecule has 16 nitrogen and oxygen atoms in total. The number of urea groups is 1. The highest BCUT2D eigenvalue weighted by atomic mass is 79.9. The van der Waals surface area contributed by atoms with E-state index in [0.717, 1.165) is 51.4 Å². The number of nitrogens with one attached hydrogen (secondary N) is 1. The number of amides is 3. The Labute approximate surface area is 290 Å². The molecule has 48 heavy (non-hydrogen) atoms. The van der Waals surface area contributed by atoms with Crippen LogP contribution in [0.4, 0.5) is 4.79 Å². The third-order valence-electron chi connectivity index (χ3n) is 6.36. The zero-order valence-corrected chi connectivity index (χ0v) is 29.6. The third kappa shape index (κ3) is 46.7. The number of hydrogen-bond donors (Lipinski definition) is 8. The van der Waals surface area contributed by atoms with Crippen LogP contribution in [0.15, 0.2) is 0 Å². The van der Waals surface area contributed by atoms with Gasteiger partial charge >= 0.3 is 41.8 Å². The number of nitrogens with two attached hydrogens (primary N) is 1. The van der Waals surface area contributed by atoms with Crippen LogP contribution in [0.1, 0.15) is 142 Å². The minimum atomic E-state index is -0.870. The van der Waals surface area contributed by atoms with Gasteiger partial charge in [0.2, 0.25) is 5.91 Å². The fraction of sp³-hybridized carbons (Fsp3) is 0.742. The number of rotatable bonds is 24. The van der Waals surface area contributed by atoms with Gasteiger partial charge in [0, 0.05) is 38.5 Å². The van der Waals surface area contributed by atoms with Crippen LogP contribution in [0, 0.1) is 0 Å². The van der Waals surface area contributed by atoms with Crippen LogP contribution in [0.3, 0.4) is 0 Å². The van der Waals surface area contributed by atoms with E-state index in [0.29, 0.717) is 38.5 Å². The van der Waals surface area contributed by atoms with E-state index >= 15 is 0 Å². The maximum absolute atomic E-state index is 11.3. The lowest BCUT2D eigenvalue weighted by molar-refractivity contribution is -0.139. The van der Waals surface area contributed by atoms with Gasteiger partial charge in [-0.05, 0) is 51.4 Å². The molecule has 0 saturated carbocycles. The van der Waals surface area contributed by atoms with Crippen LogP contribution in [-0.4, -0.2) is 82.7 Å². The molecule has 0 radical (unpaired) electrons. The molecule has 0 unspecified atom stereocenters. The van der Waals surface area contributed by atoms with Crippen molar-refractivity contribution in [3.63, 3.8) is 0 Å². The molecule has 0 saturated heterocycles. The van der Waals surface area contributed by atoms with Crippen LogP contribution in [0.5, 0.6) is 0 Å². The summed E-state index contributed by atoms with van der Waals surface area (Å²) in [5.41, 5.74) is 4.81. The Morgan fingerprint density at radius 2 is 0.646 bits per heavy atom. The molecule has 0 aliphatic heterocycles. The monoisotopic (exact) mass is 758 g/mol. The topological polar surface area (TPSA) is 296 Å². The number of unbranched alkanes of at least 4 members (excludes halogenated alkanes) is 9. The predicted octanol–water partition coefficient (Wildman–Crippen LogP) is 5.62. The summed E-state index contributed by atoms with van der Waals surface area (Å²) in [4.78, 5) is 81.8.